The molecule has 28 heavy (non-hydrogen) atoms. The molecule has 0 spiro atoms. The van der Waals surface area contributed by atoms with E-state index in [-0.39, 0.29) is 0 Å². The predicted molar refractivity (Wildman–Crippen MR) is 126 cm³/mol. The van der Waals surface area contributed by atoms with E-state index in [1.54, 1.807) is 5.57 Å². The normalized spacial score (nSPS) is 21.1. The van der Waals surface area contributed by atoms with Gasteiger partial charge in [0, 0.05) is 0 Å². The highest BCUT2D eigenvalue weighted by molar-refractivity contribution is 5.25. The summed E-state index contributed by atoms with van der Waals surface area (Å²) >= 11 is 0. The van der Waals surface area contributed by atoms with Crippen molar-refractivity contribution >= 4 is 0 Å². The smallest absolute Gasteiger partial charge is 0.0622 e. The number of unbranched alkanes of at least 4 members (excludes halogenated alkanes) is 2. The van der Waals surface area contributed by atoms with Crippen LogP contribution in [0.1, 0.15) is 119 Å². The third kappa shape index (κ3) is 11.2. The average Bonchev–Trinajstić information content (AvgIpc) is 2.63. The lowest BCUT2D eigenvalue weighted by molar-refractivity contribution is 0.0384. The fourth-order valence-corrected chi connectivity index (χ4v) is 4.12. The molecule has 3 unspecified atom stereocenters. The largest absolute Gasteiger partial charge is 0.390 e. The van der Waals surface area contributed by atoms with Gasteiger partial charge in [0.15, 0.2) is 0 Å². The fraction of sp³-hybridized carbons (Fsp3) is 0.778. The summed E-state index contributed by atoms with van der Waals surface area (Å²) in [5.74, 6) is 1.42. The Kier molecular flexibility index (Phi) is 12.1. The molecule has 1 rings (SSSR count). The maximum absolute atomic E-state index is 10.8. The van der Waals surface area contributed by atoms with Gasteiger partial charge in [-0.2, -0.15) is 0 Å². The molecule has 1 N–H and O–H groups in total. The van der Waals surface area contributed by atoms with Gasteiger partial charge in [-0.05, 0) is 84.0 Å². The van der Waals surface area contributed by atoms with E-state index in [1.165, 1.54) is 62.5 Å². The van der Waals surface area contributed by atoms with Crippen LogP contribution in [0, 0.1) is 11.8 Å². The third-order valence-electron chi connectivity index (χ3n) is 6.65. The second kappa shape index (κ2) is 13.4. The van der Waals surface area contributed by atoms with E-state index in [1.807, 2.05) is 6.92 Å². The van der Waals surface area contributed by atoms with Crippen LogP contribution in [0.2, 0.25) is 0 Å². The zero-order valence-corrected chi connectivity index (χ0v) is 19.8. The summed E-state index contributed by atoms with van der Waals surface area (Å²) in [7, 11) is 0. The molecule has 0 bridgehead atoms. The molecule has 3 atom stereocenters. The maximum atomic E-state index is 10.8. The molecular weight excluding hydrogens is 340 g/mol. The number of hydrogen-bond acceptors (Lipinski definition) is 1. The second-order valence-corrected chi connectivity index (χ2v) is 9.92. The summed E-state index contributed by atoms with van der Waals surface area (Å²) in [4.78, 5) is 0. The minimum absolute atomic E-state index is 0.518. The van der Waals surface area contributed by atoms with E-state index >= 15 is 0 Å². The lowest BCUT2D eigenvalue weighted by Gasteiger charge is -2.26. The van der Waals surface area contributed by atoms with Crippen molar-refractivity contribution in [2.45, 2.75) is 124 Å². The first-order chi connectivity index (χ1) is 13.2. The molecule has 0 fully saturated rings. The summed E-state index contributed by atoms with van der Waals surface area (Å²) in [6.07, 6.45) is 21.2. The number of rotatable bonds is 14. The Morgan fingerprint density at radius 1 is 1.21 bits per heavy atom. The fourth-order valence-electron chi connectivity index (χ4n) is 4.12. The van der Waals surface area contributed by atoms with Gasteiger partial charge in [0.2, 0.25) is 0 Å². The van der Waals surface area contributed by atoms with Crippen LogP contribution in [0.5, 0.6) is 0 Å². The summed E-state index contributed by atoms with van der Waals surface area (Å²) in [6.45, 7) is 13.5. The monoisotopic (exact) mass is 388 g/mol. The zero-order chi connectivity index (χ0) is 21.0. The van der Waals surface area contributed by atoms with Crippen LogP contribution in [0.15, 0.2) is 34.9 Å². The van der Waals surface area contributed by atoms with Crippen LogP contribution in [0.4, 0.5) is 0 Å². The minimum Gasteiger partial charge on any atom is -0.390 e. The Hall–Kier alpha value is -0.820. The average molecular weight is 389 g/mol. The summed E-state index contributed by atoms with van der Waals surface area (Å²) in [5, 5.41) is 10.8. The topological polar surface area (TPSA) is 20.2 Å². The van der Waals surface area contributed by atoms with E-state index in [4.69, 9.17) is 0 Å². The zero-order valence-electron chi connectivity index (χ0n) is 19.8. The molecule has 0 heterocycles. The molecule has 0 radical (unpaired) electrons. The van der Waals surface area contributed by atoms with E-state index in [2.05, 4.69) is 52.8 Å². The maximum Gasteiger partial charge on any atom is 0.0622 e. The Balaban J connectivity index is 2.20. The second-order valence-electron chi connectivity index (χ2n) is 9.92. The highest BCUT2D eigenvalue weighted by atomic mass is 16.3. The van der Waals surface area contributed by atoms with Gasteiger partial charge in [-0.3, -0.25) is 0 Å². The van der Waals surface area contributed by atoms with Crippen LogP contribution in [-0.2, 0) is 0 Å². The molecule has 1 heteroatoms. The molecule has 0 aromatic heterocycles. The molecular formula is C27H48O. The van der Waals surface area contributed by atoms with Crippen molar-refractivity contribution in [1.29, 1.82) is 0 Å². The lowest BCUT2D eigenvalue weighted by atomic mass is 9.84. The van der Waals surface area contributed by atoms with E-state index in [0.717, 1.165) is 31.6 Å². The first kappa shape index (κ1) is 25.2. The molecule has 0 amide bonds. The molecule has 162 valence electrons. The molecule has 0 aromatic carbocycles. The van der Waals surface area contributed by atoms with Crippen LogP contribution >= 0.6 is 0 Å². The first-order valence-electron chi connectivity index (χ1n) is 12.0. The Morgan fingerprint density at radius 3 is 2.64 bits per heavy atom. The summed E-state index contributed by atoms with van der Waals surface area (Å²) < 4.78 is 0. The van der Waals surface area contributed by atoms with Crippen molar-refractivity contribution in [3.8, 4) is 0 Å². The summed E-state index contributed by atoms with van der Waals surface area (Å²) in [5.41, 5.74) is 4.04. The molecule has 1 aliphatic rings. The van der Waals surface area contributed by atoms with Gasteiger partial charge in [-0.15, -0.1) is 0 Å². The van der Waals surface area contributed by atoms with Gasteiger partial charge in [0.25, 0.3) is 0 Å². The molecule has 0 aliphatic heterocycles. The van der Waals surface area contributed by atoms with Gasteiger partial charge < -0.3 is 5.11 Å². The van der Waals surface area contributed by atoms with Gasteiger partial charge >= 0.3 is 0 Å². The van der Waals surface area contributed by atoms with Gasteiger partial charge in [0.1, 0.15) is 0 Å². The molecule has 0 aromatic rings. The number of aliphatic hydroxyl groups is 1. The highest BCUT2D eigenvalue weighted by Gasteiger charge is 2.21. The van der Waals surface area contributed by atoms with Crippen LogP contribution < -0.4 is 0 Å². The third-order valence-corrected chi connectivity index (χ3v) is 6.65. The van der Waals surface area contributed by atoms with Gasteiger partial charge in [-0.1, -0.05) is 81.4 Å². The SMILES string of the molecule is CCCCCC(C)=CCCC(C)CCCC(C)(O)CCC1=CC=C(C)C(C)C1. The van der Waals surface area contributed by atoms with Crippen molar-refractivity contribution in [2.75, 3.05) is 0 Å². The highest BCUT2D eigenvalue weighted by Crippen LogP contribution is 2.30. The van der Waals surface area contributed by atoms with Crippen LogP contribution in [0.25, 0.3) is 0 Å². The van der Waals surface area contributed by atoms with E-state index < -0.39 is 5.60 Å². The van der Waals surface area contributed by atoms with Gasteiger partial charge in [-0.25, -0.2) is 0 Å². The standard InChI is InChI=1S/C27H48O/c1-7-8-9-12-22(2)13-10-14-23(3)15-11-19-27(6,28)20-18-26-17-16-24(4)25(5)21-26/h13,16-17,23,25,28H,7-12,14-15,18-21H2,1-6H3. The number of hydrogen-bond donors (Lipinski definition) is 1. The Bertz CT molecular complexity index is 520. The predicted octanol–water partition coefficient (Wildman–Crippen LogP) is 8.54. The minimum atomic E-state index is -0.518. The van der Waals surface area contributed by atoms with Crippen molar-refractivity contribution in [3.05, 3.63) is 34.9 Å². The van der Waals surface area contributed by atoms with Crippen molar-refractivity contribution in [3.63, 3.8) is 0 Å². The number of allylic oxidation sites excluding steroid dienone is 6. The lowest BCUT2D eigenvalue weighted by Crippen LogP contribution is -2.24. The van der Waals surface area contributed by atoms with Crippen LogP contribution in [-0.4, -0.2) is 10.7 Å². The quantitative estimate of drug-likeness (QED) is 0.233. The Morgan fingerprint density at radius 2 is 1.96 bits per heavy atom. The van der Waals surface area contributed by atoms with Crippen molar-refractivity contribution < 1.29 is 5.11 Å². The molecule has 0 saturated heterocycles. The van der Waals surface area contributed by atoms with E-state index in [0.29, 0.717) is 5.92 Å². The van der Waals surface area contributed by atoms with E-state index in [9.17, 15) is 5.11 Å². The first-order valence-corrected chi connectivity index (χ1v) is 12.0. The Labute approximate surface area is 176 Å². The summed E-state index contributed by atoms with van der Waals surface area (Å²) in [6, 6.07) is 0. The molecule has 1 aliphatic carbocycles. The van der Waals surface area contributed by atoms with Crippen molar-refractivity contribution in [2.24, 2.45) is 11.8 Å². The molecule has 0 saturated carbocycles. The van der Waals surface area contributed by atoms with Crippen LogP contribution in [0.3, 0.4) is 0 Å². The molecule has 1 nitrogen and oxygen atoms in total. The van der Waals surface area contributed by atoms with Crippen molar-refractivity contribution in [1.82, 2.24) is 0 Å². The van der Waals surface area contributed by atoms with Gasteiger partial charge in [0.05, 0.1) is 5.60 Å².